The first-order chi connectivity index (χ1) is 9.08. The fourth-order valence-electron chi connectivity index (χ4n) is 2.47. The van der Waals surface area contributed by atoms with Crippen LogP contribution in [0.25, 0.3) is 0 Å². The number of nitrogens with zero attached hydrogens (tertiary/aromatic N) is 1. The summed E-state index contributed by atoms with van der Waals surface area (Å²) in [5.41, 5.74) is 6.73. The van der Waals surface area contributed by atoms with E-state index in [4.69, 9.17) is 17.3 Å². The highest BCUT2D eigenvalue weighted by atomic mass is 35.5. The Balaban J connectivity index is 2.03. The Morgan fingerprint density at radius 2 is 2.16 bits per heavy atom. The summed E-state index contributed by atoms with van der Waals surface area (Å²) in [5.74, 6) is -0.444. The summed E-state index contributed by atoms with van der Waals surface area (Å²) in [4.78, 5) is 13.4. The topological polar surface area (TPSA) is 58.4 Å². The van der Waals surface area contributed by atoms with Crippen LogP contribution in [0.15, 0.2) is 18.2 Å². The molecule has 3 N–H and O–H groups in total. The minimum atomic E-state index is -0.444. The quantitative estimate of drug-likeness (QED) is 0.882. The van der Waals surface area contributed by atoms with Gasteiger partial charge in [-0.05, 0) is 50.7 Å². The molecule has 0 atom stereocenters. The average Bonchev–Trinajstić information content (AvgIpc) is 2.41. The number of hydrogen-bond donors (Lipinski definition) is 2. The van der Waals surface area contributed by atoms with Crippen molar-refractivity contribution in [1.82, 2.24) is 10.2 Å². The maximum Gasteiger partial charge on any atom is 0.248 e. The molecule has 0 aromatic heterocycles. The first-order valence-corrected chi connectivity index (χ1v) is 6.95. The molecule has 1 aromatic rings. The van der Waals surface area contributed by atoms with Crippen LogP contribution < -0.4 is 11.1 Å². The minimum Gasteiger partial charge on any atom is -0.366 e. The van der Waals surface area contributed by atoms with Crippen LogP contribution in [0, 0.1) is 0 Å². The van der Waals surface area contributed by atoms with Crippen molar-refractivity contribution in [2.24, 2.45) is 5.73 Å². The lowest BCUT2D eigenvalue weighted by molar-refractivity contribution is 0.1000. The van der Waals surface area contributed by atoms with E-state index in [2.05, 4.69) is 17.3 Å². The molecule has 1 amide bonds. The van der Waals surface area contributed by atoms with E-state index < -0.39 is 5.91 Å². The highest BCUT2D eigenvalue weighted by Crippen LogP contribution is 2.21. The van der Waals surface area contributed by atoms with Gasteiger partial charge in [0.15, 0.2) is 0 Å². The maximum absolute atomic E-state index is 11.1. The number of nitrogens with two attached hydrogens (primary N) is 1. The summed E-state index contributed by atoms with van der Waals surface area (Å²) in [7, 11) is 2.12. The van der Waals surface area contributed by atoms with Crippen LogP contribution in [0.1, 0.15) is 28.8 Å². The fraction of sp³-hybridized carbons (Fsp3) is 0.500. The zero-order chi connectivity index (χ0) is 13.8. The van der Waals surface area contributed by atoms with Gasteiger partial charge in [-0.15, -0.1) is 0 Å². The number of carbonyl (C=O) groups excluding carboxylic acids is 1. The van der Waals surface area contributed by atoms with Gasteiger partial charge in [0.1, 0.15) is 0 Å². The lowest BCUT2D eigenvalue weighted by Gasteiger charge is -2.31. The molecular formula is C14H20ClN3O. The second kappa shape index (κ2) is 6.37. The van der Waals surface area contributed by atoms with Crippen molar-refractivity contribution in [3.05, 3.63) is 34.3 Å². The minimum absolute atomic E-state index is 0.444. The van der Waals surface area contributed by atoms with Crippen LogP contribution in [0.5, 0.6) is 0 Å². The van der Waals surface area contributed by atoms with Gasteiger partial charge in [-0.25, -0.2) is 0 Å². The van der Waals surface area contributed by atoms with E-state index in [1.807, 2.05) is 6.07 Å². The Labute approximate surface area is 118 Å². The van der Waals surface area contributed by atoms with Crippen LogP contribution in [-0.4, -0.2) is 37.0 Å². The van der Waals surface area contributed by atoms with E-state index in [0.29, 0.717) is 16.6 Å². The highest BCUT2D eigenvalue weighted by Gasteiger charge is 2.18. The molecule has 1 aliphatic rings. The van der Waals surface area contributed by atoms with Gasteiger partial charge in [0, 0.05) is 23.2 Å². The Morgan fingerprint density at radius 3 is 2.74 bits per heavy atom. The number of rotatable bonds is 4. The second-order valence-corrected chi connectivity index (χ2v) is 5.47. The van der Waals surface area contributed by atoms with Crippen molar-refractivity contribution in [2.45, 2.75) is 25.4 Å². The number of benzene rings is 1. The van der Waals surface area contributed by atoms with Crippen molar-refractivity contribution in [2.75, 3.05) is 20.1 Å². The standard InChI is InChI=1S/C14H20ClN3O/c1-18(12-4-6-17-7-5-12)9-11-3-2-10(14(16)19)8-13(11)15/h2-3,8,12,17H,4-7,9H2,1H3,(H2,16,19). The Bertz CT molecular complexity index is 458. The normalized spacial score (nSPS) is 16.8. The van der Waals surface area contributed by atoms with E-state index in [1.165, 1.54) is 0 Å². The molecule has 0 spiro atoms. The van der Waals surface area contributed by atoms with Gasteiger partial charge in [-0.3, -0.25) is 9.69 Å². The molecule has 1 aliphatic heterocycles. The van der Waals surface area contributed by atoms with Crippen LogP contribution in [0.4, 0.5) is 0 Å². The van der Waals surface area contributed by atoms with Crippen molar-refractivity contribution >= 4 is 17.5 Å². The Morgan fingerprint density at radius 1 is 1.47 bits per heavy atom. The largest absolute Gasteiger partial charge is 0.366 e. The van der Waals surface area contributed by atoms with Gasteiger partial charge < -0.3 is 11.1 Å². The molecule has 5 heteroatoms. The first kappa shape index (κ1) is 14.3. The van der Waals surface area contributed by atoms with Crippen molar-refractivity contribution < 1.29 is 4.79 Å². The maximum atomic E-state index is 11.1. The molecular weight excluding hydrogens is 262 g/mol. The van der Waals surface area contributed by atoms with Gasteiger partial charge in [-0.2, -0.15) is 0 Å². The van der Waals surface area contributed by atoms with Crippen LogP contribution in [0.2, 0.25) is 5.02 Å². The number of piperidine rings is 1. The molecule has 0 saturated carbocycles. The summed E-state index contributed by atoms with van der Waals surface area (Å²) in [6, 6.07) is 5.86. The molecule has 0 bridgehead atoms. The molecule has 1 fully saturated rings. The van der Waals surface area contributed by atoms with E-state index in [9.17, 15) is 4.79 Å². The summed E-state index contributed by atoms with van der Waals surface area (Å²) in [5, 5.41) is 3.97. The number of hydrogen-bond acceptors (Lipinski definition) is 3. The first-order valence-electron chi connectivity index (χ1n) is 6.57. The highest BCUT2D eigenvalue weighted by molar-refractivity contribution is 6.31. The number of amides is 1. The molecule has 1 aromatic carbocycles. The molecule has 1 heterocycles. The van der Waals surface area contributed by atoms with Gasteiger partial charge in [0.05, 0.1) is 0 Å². The van der Waals surface area contributed by atoms with Crippen molar-refractivity contribution in [1.29, 1.82) is 0 Å². The van der Waals surface area contributed by atoms with E-state index in [-0.39, 0.29) is 0 Å². The Hall–Kier alpha value is -1.10. The molecule has 0 unspecified atom stereocenters. The van der Waals surface area contributed by atoms with Crippen LogP contribution in [-0.2, 0) is 6.54 Å². The average molecular weight is 282 g/mol. The third-order valence-electron chi connectivity index (χ3n) is 3.69. The molecule has 4 nitrogen and oxygen atoms in total. The molecule has 2 rings (SSSR count). The third kappa shape index (κ3) is 3.69. The van der Waals surface area contributed by atoms with Crippen molar-refractivity contribution in [3.8, 4) is 0 Å². The van der Waals surface area contributed by atoms with Crippen molar-refractivity contribution in [3.63, 3.8) is 0 Å². The second-order valence-electron chi connectivity index (χ2n) is 5.07. The summed E-state index contributed by atoms with van der Waals surface area (Å²) >= 11 is 6.21. The van der Waals surface area contributed by atoms with Gasteiger partial charge >= 0.3 is 0 Å². The van der Waals surface area contributed by atoms with E-state index >= 15 is 0 Å². The third-order valence-corrected chi connectivity index (χ3v) is 4.04. The number of primary amides is 1. The predicted molar refractivity (Wildman–Crippen MR) is 77.3 cm³/mol. The lowest BCUT2D eigenvalue weighted by atomic mass is 10.0. The summed E-state index contributed by atoms with van der Waals surface area (Å²) < 4.78 is 0. The number of nitrogens with one attached hydrogen (secondary N) is 1. The summed E-state index contributed by atoms with van der Waals surface area (Å²) in [6.07, 6.45) is 2.32. The fourth-order valence-corrected chi connectivity index (χ4v) is 2.71. The molecule has 104 valence electrons. The number of halogens is 1. The molecule has 19 heavy (non-hydrogen) atoms. The van der Waals surface area contributed by atoms with Gasteiger partial charge in [0.25, 0.3) is 0 Å². The lowest BCUT2D eigenvalue weighted by Crippen LogP contribution is -2.40. The number of carbonyl (C=O) groups is 1. The smallest absolute Gasteiger partial charge is 0.248 e. The van der Waals surface area contributed by atoms with E-state index in [1.54, 1.807) is 12.1 Å². The summed E-state index contributed by atoms with van der Waals surface area (Å²) in [6.45, 7) is 2.94. The molecule has 1 saturated heterocycles. The molecule has 0 radical (unpaired) electrons. The van der Waals surface area contributed by atoms with E-state index in [0.717, 1.165) is 38.0 Å². The molecule has 0 aliphatic carbocycles. The Kier molecular flexibility index (Phi) is 4.80. The zero-order valence-corrected chi connectivity index (χ0v) is 11.9. The SMILES string of the molecule is CN(Cc1ccc(C(N)=O)cc1Cl)C1CCNCC1. The van der Waals surface area contributed by atoms with Gasteiger partial charge in [0.2, 0.25) is 5.91 Å². The van der Waals surface area contributed by atoms with Crippen LogP contribution in [0.3, 0.4) is 0 Å². The van der Waals surface area contributed by atoms with Gasteiger partial charge in [-0.1, -0.05) is 17.7 Å². The zero-order valence-electron chi connectivity index (χ0n) is 11.2. The van der Waals surface area contributed by atoms with Crippen LogP contribution >= 0.6 is 11.6 Å². The predicted octanol–water partition coefficient (Wildman–Crippen LogP) is 1.62. The monoisotopic (exact) mass is 281 g/mol.